The van der Waals surface area contributed by atoms with Gasteiger partial charge in [0.25, 0.3) is 0 Å². The number of nitrogens with one attached hydrogen (secondary N) is 1. The molecule has 0 saturated carbocycles. The lowest BCUT2D eigenvalue weighted by Crippen LogP contribution is -2.53. The monoisotopic (exact) mass is 557 g/mol. The van der Waals surface area contributed by atoms with E-state index in [-0.39, 0.29) is 24.2 Å². The first kappa shape index (κ1) is 29.7. The first-order chi connectivity index (χ1) is 16.8. The molecule has 0 heterocycles. The SMILES string of the molecule is CC[C@@H](C(=O)NC(C)C)N(Cc1c(Cl)cccc1Cl)C(=O)CN(c1cc(C)ccc1OC)S(C)(=O)=O. The number of benzene rings is 2. The standard InChI is InChI=1S/C25H33Cl2N3O5S/c1-7-21(25(32)28-16(2)3)29(14-18-19(26)9-8-10-20(18)27)24(31)15-30(36(6,33)34)22-13-17(4)11-12-23(22)35-5/h8-13,16,21H,7,14-15H2,1-6H3,(H,28,32)/t21-/m0/s1. The van der Waals surface area contributed by atoms with E-state index < -0.39 is 28.5 Å². The lowest BCUT2D eigenvalue weighted by Gasteiger charge is -2.33. The Bertz CT molecular complexity index is 1180. The number of ether oxygens (including phenoxy) is 1. The molecule has 2 aromatic rings. The third kappa shape index (κ3) is 7.51. The highest BCUT2D eigenvalue weighted by atomic mass is 35.5. The van der Waals surface area contributed by atoms with Gasteiger partial charge in [-0.3, -0.25) is 13.9 Å². The molecule has 0 saturated heterocycles. The van der Waals surface area contributed by atoms with Crippen molar-refractivity contribution in [3.05, 3.63) is 57.6 Å². The van der Waals surface area contributed by atoms with Crippen LogP contribution in [0.2, 0.25) is 10.0 Å². The highest BCUT2D eigenvalue weighted by molar-refractivity contribution is 7.92. The Labute approximate surface area is 223 Å². The summed E-state index contributed by atoms with van der Waals surface area (Å²) in [6.07, 6.45) is 1.30. The minimum absolute atomic E-state index is 0.0794. The number of rotatable bonds is 11. The van der Waals surface area contributed by atoms with Gasteiger partial charge < -0.3 is 15.0 Å². The number of sulfonamides is 1. The van der Waals surface area contributed by atoms with Crippen LogP contribution in [0.5, 0.6) is 5.75 Å². The van der Waals surface area contributed by atoms with Crippen molar-refractivity contribution in [3.63, 3.8) is 0 Å². The number of methoxy groups -OCH3 is 1. The number of anilines is 1. The third-order valence-electron chi connectivity index (χ3n) is 5.49. The molecular formula is C25H33Cl2N3O5S. The van der Waals surface area contributed by atoms with Crippen LogP contribution >= 0.6 is 23.2 Å². The Kier molecular flexibility index (Phi) is 10.5. The number of hydrogen-bond acceptors (Lipinski definition) is 5. The van der Waals surface area contributed by atoms with E-state index in [1.807, 2.05) is 13.8 Å². The first-order valence-corrected chi connectivity index (χ1v) is 14.1. The van der Waals surface area contributed by atoms with Gasteiger partial charge in [0.05, 0.1) is 19.1 Å². The summed E-state index contributed by atoms with van der Waals surface area (Å²) in [7, 11) is -2.48. The molecule has 0 aromatic heterocycles. The molecule has 2 rings (SSSR count). The fourth-order valence-electron chi connectivity index (χ4n) is 3.74. The van der Waals surface area contributed by atoms with Crippen molar-refractivity contribution in [2.45, 2.75) is 52.7 Å². The maximum Gasteiger partial charge on any atom is 0.244 e. The van der Waals surface area contributed by atoms with Crippen molar-refractivity contribution in [2.24, 2.45) is 0 Å². The predicted molar refractivity (Wildman–Crippen MR) is 144 cm³/mol. The fraction of sp³-hybridized carbons (Fsp3) is 0.440. The smallest absolute Gasteiger partial charge is 0.244 e. The molecule has 0 aliphatic heterocycles. The predicted octanol–water partition coefficient (Wildman–Crippen LogP) is 4.41. The van der Waals surface area contributed by atoms with Crippen LogP contribution in [-0.4, -0.2) is 57.1 Å². The second-order valence-corrected chi connectivity index (χ2v) is 11.5. The molecule has 1 atom stereocenters. The van der Waals surface area contributed by atoms with E-state index in [0.29, 0.717) is 27.8 Å². The van der Waals surface area contributed by atoms with Crippen LogP contribution in [0, 0.1) is 6.92 Å². The van der Waals surface area contributed by atoms with Gasteiger partial charge in [0, 0.05) is 28.2 Å². The zero-order valence-electron chi connectivity index (χ0n) is 21.3. The minimum atomic E-state index is -3.90. The second-order valence-electron chi connectivity index (χ2n) is 8.75. The average molecular weight is 559 g/mol. The van der Waals surface area contributed by atoms with Gasteiger partial charge in [-0.05, 0) is 57.0 Å². The Morgan fingerprint density at radius 1 is 1.11 bits per heavy atom. The van der Waals surface area contributed by atoms with Gasteiger partial charge in [-0.15, -0.1) is 0 Å². The topological polar surface area (TPSA) is 96.0 Å². The Balaban J connectivity index is 2.57. The van der Waals surface area contributed by atoms with Gasteiger partial charge in [-0.25, -0.2) is 8.42 Å². The highest BCUT2D eigenvalue weighted by Gasteiger charge is 2.33. The van der Waals surface area contributed by atoms with Crippen LogP contribution in [0.3, 0.4) is 0 Å². The summed E-state index contributed by atoms with van der Waals surface area (Å²) < 4.78 is 32.0. The first-order valence-electron chi connectivity index (χ1n) is 11.4. The van der Waals surface area contributed by atoms with Crippen LogP contribution in [0.25, 0.3) is 0 Å². The number of carbonyl (C=O) groups excluding carboxylic acids is 2. The van der Waals surface area contributed by atoms with Crippen molar-refractivity contribution in [1.82, 2.24) is 10.2 Å². The zero-order valence-corrected chi connectivity index (χ0v) is 23.7. The maximum atomic E-state index is 13.8. The molecular weight excluding hydrogens is 525 g/mol. The van der Waals surface area contributed by atoms with E-state index in [2.05, 4.69) is 5.32 Å². The van der Waals surface area contributed by atoms with Crippen molar-refractivity contribution in [1.29, 1.82) is 0 Å². The van der Waals surface area contributed by atoms with Gasteiger partial charge in [-0.1, -0.05) is 42.3 Å². The van der Waals surface area contributed by atoms with E-state index in [1.54, 1.807) is 50.2 Å². The lowest BCUT2D eigenvalue weighted by atomic mass is 10.1. The normalized spacial score (nSPS) is 12.2. The van der Waals surface area contributed by atoms with E-state index in [4.69, 9.17) is 27.9 Å². The van der Waals surface area contributed by atoms with Crippen molar-refractivity contribution >= 4 is 50.7 Å². The fourth-order valence-corrected chi connectivity index (χ4v) is 5.11. The molecule has 11 heteroatoms. The quantitative estimate of drug-likeness (QED) is 0.441. The van der Waals surface area contributed by atoms with Gasteiger partial charge in [0.1, 0.15) is 18.3 Å². The number of halogens is 2. The summed E-state index contributed by atoms with van der Waals surface area (Å²) in [4.78, 5) is 28.2. The minimum Gasteiger partial charge on any atom is -0.495 e. The Morgan fingerprint density at radius 3 is 2.22 bits per heavy atom. The number of aryl methyl sites for hydroxylation is 1. The molecule has 2 amide bonds. The Morgan fingerprint density at radius 2 is 1.72 bits per heavy atom. The molecule has 0 aliphatic rings. The summed E-state index contributed by atoms with van der Waals surface area (Å²) in [6.45, 7) is 6.58. The summed E-state index contributed by atoms with van der Waals surface area (Å²) in [6, 6.07) is 8.97. The van der Waals surface area contributed by atoms with Gasteiger partial charge in [0.2, 0.25) is 21.8 Å². The number of hydrogen-bond donors (Lipinski definition) is 1. The third-order valence-corrected chi connectivity index (χ3v) is 7.32. The van der Waals surface area contributed by atoms with Crippen molar-refractivity contribution < 1.29 is 22.7 Å². The van der Waals surface area contributed by atoms with Gasteiger partial charge in [0.15, 0.2) is 0 Å². The van der Waals surface area contributed by atoms with Crippen LogP contribution in [0.15, 0.2) is 36.4 Å². The van der Waals surface area contributed by atoms with Gasteiger partial charge >= 0.3 is 0 Å². The zero-order chi connectivity index (χ0) is 27.2. The molecule has 0 unspecified atom stereocenters. The summed E-state index contributed by atoms with van der Waals surface area (Å²) in [5.41, 5.74) is 1.47. The van der Waals surface area contributed by atoms with Crippen molar-refractivity contribution in [2.75, 3.05) is 24.2 Å². The number of nitrogens with zero attached hydrogens (tertiary/aromatic N) is 2. The lowest BCUT2D eigenvalue weighted by molar-refractivity contribution is -0.140. The summed E-state index contributed by atoms with van der Waals surface area (Å²) in [5, 5.41) is 3.50. The molecule has 0 aliphatic carbocycles. The molecule has 198 valence electrons. The molecule has 0 bridgehead atoms. The number of carbonyl (C=O) groups is 2. The molecule has 2 aromatic carbocycles. The Hall–Kier alpha value is -2.49. The average Bonchev–Trinajstić information content (AvgIpc) is 2.77. The molecule has 0 radical (unpaired) electrons. The van der Waals surface area contributed by atoms with Gasteiger partial charge in [-0.2, -0.15) is 0 Å². The van der Waals surface area contributed by atoms with E-state index in [9.17, 15) is 18.0 Å². The highest BCUT2D eigenvalue weighted by Crippen LogP contribution is 2.32. The molecule has 0 spiro atoms. The van der Waals surface area contributed by atoms with Crippen LogP contribution in [0.1, 0.15) is 38.3 Å². The molecule has 0 fully saturated rings. The second kappa shape index (κ2) is 12.7. The van der Waals surface area contributed by atoms with Crippen LogP contribution in [-0.2, 0) is 26.2 Å². The number of amides is 2. The largest absolute Gasteiger partial charge is 0.495 e. The van der Waals surface area contributed by atoms with E-state index in [0.717, 1.165) is 16.1 Å². The van der Waals surface area contributed by atoms with E-state index >= 15 is 0 Å². The summed E-state index contributed by atoms with van der Waals surface area (Å²) in [5.74, 6) is -0.655. The van der Waals surface area contributed by atoms with E-state index in [1.165, 1.54) is 12.0 Å². The van der Waals surface area contributed by atoms with Crippen LogP contribution < -0.4 is 14.4 Å². The molecule has 8 nitrogen and oxygen atoms in total. The van der Waals surface area contributed by atoms with Crippen molar-refractivity contribution in [3.8, 4) is 5.75 Å². The van der Waals surface area contributed by atoms with Crippen LogP contribution in [0.4, 0.5) is 5.69 Å². The molecule has 36 heavy (non-hydrogen) atoms. The molecule has 1 N–H and O–H groups in total. The summed E-state index contributed by atoms with van der Waals surface area (Å²) >= 11 is 12.8. The maximum absolute atomic E-state index is 13.8.